The van der Waals surface area contributed by atoms with E-state index in [-0.39, 0.29) is 18.1 Å². The van der Waals surface area contributed by atoms with E-state index in [0.29, 0.717) is 13.2 Å². The van der Waals surface area contributed by atoms with Crippen LogP contribution in [0.2, 0.25) is 0 Å². The highest BCUT2D eigenvalue weighted by Gasteiger charge is 2.29. The van der Waals surface area contributed by atoms with Gasteiger partial charge in [-0.25, -0.2) is 4.79 Å². The Hall–Kier alpha value is -2.34. The number of hydrogen-bond donors (Lipinski definition) is 1. The second kappa shape index (κ2) is 8.78. The third-order valence-electron chi connectivity index (χ3n) is 5.25. The number of amides is 2. The van der Waals surface area contributed by atoms with Gasteiger partial charge in [0.2, 0.25) is 0 Å². The second-order valence-corrected chi connectivity index (χ2v) is 8.16. The van der Waals surface area contributed by atoms with E-state index in [4.69, 9.17) is 9.47 Å². The van der Waals surface area contributed by atoms with Crippen LogP contribution in [0.25, 0.3) is 0 Å². The molecular formula is C22H26N2O3S. The lowest BCUT2D eigenvalue weighted by Gasteiger charge is -2.36. The number of ether oxygens (including phenoxy) is 2. The van der Waals surface area contributed by atoms with E-state index >= 15 is 0 Å². The van der Waals surface area contributed by atoms with E-state index in [1.54, 1.807) is 0 Å². The van der Waals surface area contributed by atoms with E-state index in [1.807, 2.05) is 53.1 Å². The van der Waals surface area contributed by atoms with E-state index in [0.717, 1.165) is 41.5 Å². The molecule has 2 amide bonds. The third kappa shape index (κ3) is 4.07. The molecule has 0 bridgehead atoms. The van der Waals surface area contributed by atoms with E-state index in [2.05, 4.69) is 24.4 Å². The molecule has 2 aliphatic rings. The predicted octanol–water partition coefficient (Wildman–Crippen LogP) is 4.41. The molecule has 2 aromatic carbocycles. The normalized spacial score (nSPS) is 19.8. The monoisotopic (exact) mass is 398 g/mol. The van der Waals surface area contributed by atoms with Gasteiger partial charge in [-0.1, -0.05) is 43.3 Å². The van der Waals surface area contributed by atoms with Gasteiger partial charge in [0.1, 0.15) is 13.2 Å². The SMILES string of the molecule is CC[C@@H](NC(=O)N1CCSC[C@@H]1c1ccccc1)c1ccc2c(c1)OCCO2. The van der Waals surface area contributed by atoms with Crippen molar-refractivity contribution in [3.05, 3.63) is 59.7 Å². The van der Waals surface area contributed by atoms with Crippen LogP contribution in [0.4, 0.5) is 4.79 Å². The van der Waals surface area contributed by atoms with Crippen molar-refractivity contribution in [3.63, 3.8) is 0 Å². The van der Waals surface area contributed by atoms with Crippen molar-refractivity contribution in [2.24, 2.45) is 0 Å². The lowest BCUT2D eigenvalue weighted by molar-refractivity contribution is 0.170. The maximum absolute atomic E-state index is 13.2. The summed E-state index contributed by atoms with van der Waals surface area (Å²) in [7, 11) is 0. The van der Waals surface area contributed by atoms with Crippen molar-refractivity contribution in [2.75, 3.05) is 31.3 Å². The topological polar surface area (TPSA) is 50.8 Å². The minimum Gasteiger partial charge on any atom is -0.486 e. The van der Waals surface area contributed by atoms with Gasteiger partial charge >= 0.3 is 6.03 Å². The van der Waals surface area contributed by atoms with Crippen LogP contribution >= 0.6 is 11.8 Å². The van der Waals surface area contributed by atoms with Crippen LogP contribution in [-0.4, -0.2) is 42.2 Å². The first-order chi connectivity index (χ1) is 13.8. The number of benzene rings is 2. The minimum atomic E-state index is -0.0608. The Morgan fingerprint density at radius 2 is 1.96 bits per heavy atom. The maximum atomic E-state index is 13.2. The van der Waals surface area contributed by atoms with Crippen molar-refractivity contribution < 1.29 is 14.3 Å². The number of nitrogens with zero attached hydrogens (tertiary/aromatic N) is 1. The van der Waals surface area contributed by atoms with Gasteiger partial charge in [-0.3, -0.25) is 0 Å². The number of carbonyl (C=O) groups excluding carboxylic acids is 1. The molecule has 0 radical (unpaired) electrons. The van der Waals surface area contributed by atoms with Crippen LogP contribution in [0.15, 0.2) is 48.5 Å². The zero-order valence-electron chi connectivity index (χ0n) is 16.1. The van der Waals surface area contributed by atoms with Crippen LogP contribution in [0.1, 0.15) is 36.6 Å². The van der Waals surface area contributed by atoms with Crippen LogP contribution in [0.3, 0.4) is 0 Å². The summed E-state index contributed by atoms with van der Waals surface area (Å²) in [5, 5.41) is 3.24. The fraction of sp³-hybridized carbons (Fsp3) is 0.409. The van der Waals surface area contributed by atoms with Gasteiger partial charge in [0.15, 0.2) is 11.5 Å². The molecule has 28 heavy (non-hydrogen) atoms. The fourth-order valence-corrected chi connectivity index (χ4v) is 4.82. The number of hydrogen-bond acceptors (Lipinski definition) is 4. The highest BCUT2D eigenvalue weighted by molar-refractivity contribution is 7.99. The van der Waals surface area contributed by atoms with Gasteiger partial charge < -0.3 is 19.7 Å². The minimum absolute atomic E-state index is 0.00380. The first-order valence-electron chi connectivity index (χ1n) is 9.85. The van der Waals surface area contributed by atoms with Crippen LogP contribution in [-0.2, 0) is 0 Å². The summed E-state index contributed by atoms with van der Waals surface area (Å²) >= 11 is 1.90. The fourth-order valence-electron chi connectivity index (χ4n) is 3.73. The van der Waals surface area contributed by atoms with Crippen molar-refractivity contribution in [2.45, 2.75) is 25.4 Å². The Balaban J connectivity index is 1.50. The van der Waals surface area contributed by atoms with Gasteiger partial charge in [0.25, 0.3) is 0 Å². The van der Waals surface area contributed by atoms with Gasteiger partial charge in [0, 0.05) is 18.1 Å². The van der Waals surface area contributed by atoms with E-state index in [9.17, 15) is 4.79 Å². The average Bonchev–Trinajstić information content (AvgIpc) is 2.77. The first-order valence-corrected chi connectivity index (χ1v) is 11.0. The van der Waals surface area contributed by atoms with Crippen molar-refractivity contribution in [3.8, 4) is 11.5 Å². The first kappa shape index (κ1) is 19.0. The number of urea groups is 1. The molecule has 2 heterocycles. The lowest BCUT2D eigenvalue weighted by atomic mass is 10.0. The Kier molecular flexibility index (Phi) is 5.95. The predicted molar refractivity (Wildman–Crippen MR) is 112 cm³/mol. The molecular weight excluding hydrogens is 372 g/mol. The molecule has 1 N–H and O–H groups in total. The van der Waals surface area contributed by atoms with Gasteiger partial charge in [-0.2, -0.15) is 11.8 Å². The molecule has 1 saturated heterocycles. The summed E-state index contributed by atoms with van der Waals surface area (Å²) in [4.78, 5) is 15.1. The number of rotatable bonds is 4. The highest BCUT2D eigenvalue weighted by atomic mass is 32.2. The number of carbonyl (C=O) groups is 1. The van der Waals surface area contributed by atoms with Crippen molar-refractivity contribution in [1.29, 1.82) is 0 Å². The molecule has 2 aromatic rings. The Labute approximate surface area is 170 Å². The standard InChI is InChI=1S/C22H26N2O3S/c1-2-18(17-8-9-20-21(14-17)27-12-11-26-20)23-22(25)24-10-13-28-15-19(24)16-6-4-3-5-7-16/h3-9,14,18-19H,2,10-13,15H2,1H3,(H,23,25)/t18-,19-/m1/s1. The van der Waals surface area contributed by atoms with Crippen LogP contribution in [0, 0.1) is 0 Å². The van der Waals surface area contributed by atoms with Gasteiger partial charge in [-0.05, 0) is 29.7 Å². The molecule has 2 aliphatic heterocycles. The molecule has 0 spiro atoms. The summed E-state index contributed by atoms with van der Waals surface area (Å²) in [6.45, 7) is 3.98. The van der Waals surface area contributed by atoms with Crippen molar-refractivity contribution in [1.82, 2.24) is 10.2 Å². The summed E-state index contributed by atoms with van der Waals surface area (Å²) in [5.74, 6) is 3.43. The molecule has 2 atom stereocenters. The largest absolute Gasteiger partial charge is 0.486 e. The molecule has 148 valence electrons. The molecule has 4 rings (SSSR count). The smallest absolute Gasteiger partial charge is 0.318 e. The third-order valence-corrected chi connectivity index (χ3v) is 6.27. The molecule has 6 heteroatoms. The average molecular weight is 399 g/mol. The van der Waals surface area contributed by atoms with Crippen LogP contribution < -0.4 is 14.8 Å². The Morgan fingerprint density at radius 1 is 1.18 bits per heavy atom. The van der Waals surface area contributed by atoms with Gasteiger partial charge in [-0.15, -0.1) is 0 Å². The summed E-state index contributed by atoms with van der Waals surface area (Å²) in [5.41, 5.74) is 2.24. The molecule has 5 nitrogen and oxygen atoms in total. The molecule has 0 unspecified atom stereocenters. The van der Waals surface area contributed by atoms with E-state index in [1.165, 1.54) is 5.56 Å². The zero-order chi connectivity index (χ0) is 19.3. The highest BCUT2D eigenvalue weighted by Crippen LogP contribution is 2.34. The number of fused-ring (bicyclic) bond motifs is 1. The molecule has 1 fully saturated rings. The quantitative estimate of drug-likeness (QED) is 0.829. The van der Waals surface area contributed by atoms with Crippen molar-refractivity contribution >= 4 is 17.8 Å². The summed E-state index contributed by atoms with van der Waals surface area (Å²) < 4.78 is 11.3. The lowest BCUT2D eigenvalue weighted by Crippen LogP contribution is -2.47. The van der Waals surface area contributed by atoms with Gasteiger partial charge in [0.05, 0.1) is 12.1 Å². The summed E-state index contributed by atoms with van der Waals surface area (Å²) in [6.07, 6.45) is 0.810. The Morgan fingerprint density at radius 3 is 2.75 bits per heavy atom. The molecule has 0 aliphatic carbocycles. The van der Waals surface area contributed by atoms with E-state index < -0.39 is 0 Å². The Bertz CT molecular complexity index is 815. The zero-order valence-corrected chi connectivity index (χ0v) is 16.9. The molecule has 0 aromatic heterocycles. The second-order valence-electron chi connectivity index (χ2n) is 7.01. The van der Waals surface area contributed by atoms with Crippen LogP contribution in [0.5, 0.6) is 11.5 Å². The molecule has 0 saturated carbocycles. The maximum Gasteiger partial charge on any atom is 0.318 e. The summed E-state index contributed by atoms with van der Waals surface area (Å²) in [6, 6.07) is 16.3. The number of nitrogens with one attached hydrogen (secondary N) is 1. The number of thioether (sulfide) groups is 1.